The lowest BCUT2D eigenvalue weighted by Gasteiger charge is -1.91. The zero-order valence-electron chi connectivity index (χ0n) is 7.13. The highest BCUT2D eigenvalue weighted by Crippen LogP contribution is 1.99. The first-order valence-electron chi connectivity index (χ1n) is 3.66. The molecule has 2 N–H and O–H groups in total. The second kappa shape index (κ2) is 7.62. The van der Waals surface area contributed by atoms with Gasteiger partial charge in [0.25, 0.3) is 0 Å². The van der Waals surface area contributed by atoms with E-state index in [1.54, 1.807) is 0 Å². The third-order valence-corrected chi connectivity index (χ3v) is 1.22. The lowest BCUT2D eigenvalue weighted by molar-refractivity contribution is 0.405. The van der Waals surface area contributed by atoms with Crippen LogP contribution in [0.25, 0.3) is 0 Å². The number of hydrogen-bond acceptors (Lipinski definition) is 1. The summed E-state index contributed by atoms with van der Waals surface area (Å²) in [6.45, 7) is 3.66. The Morgan fingerprint density at radius 3 is 2.15 bits per heavy atom. The van der Waals surface area contributed by atoms with Crippen molar-refractivity contribution in [3.63, 3.8) is 0 Å². The van der Waals surface area contributed by atoms with Crippen LogP contribution in [0, 0.1) is 0 Å². The van der Waals surface area contributed by atoms with Crippen LogP contribution in [0.15, 0.2) is 43.0 Å². The van der Waals surface area contributed by atoms with Crippen LogP contribution in [-0.2, 0) is 11.0 Å². The Kier molecular flexibility index (Phi) is 7.02. The van der Waals surface area contributed by atoms with Crippen molar-refractivity contribution >= 4 is 8.25 Å². The summed E-state index contributed by atoms with van der Waals surface area (Å²) in [6, 6.07) is 10.3. The van der Waals surface area contributed by atoms with Crippen molar-refractivity contribution in [2.24, 2.45) is 0 Å². The number of allylic oxidation sites excluding steroid dienone is 1. The minimum atomic E-state index is -2.87. The van der Waals surface area contributed by atoms with Crippen molar-refractivity contribution in [3.05, 3.63) is 48.6 Å². The van der Waals surface area contributed by atoms with Crippen LogP contribution in [0.1, 0.15) is 5.56 Å². The topological polar surface area (TPSA) is 57.5 Å². The summed E-state index contributed by atoms with van der Waals surface area (Å²) in [7, 11) is -2.87. The highest BCUT2D eigenvalue weighted by molar-refractivity contribution is 7.30. The molecule has 0 spiro atoms. The molecule has 13 heavy (non-hydrogen) atoms. The zero-order chi connectivity index (χ0) is 10.1. The molecule has 0 unspecified atom stereocenters. The molecular formula is C9H12O3P+. The maximum Gasteiger partial charge on any atom is 0.692 e. The summed E-state index contributed by atoms with van der Waals surface area (Å²) in [6.07, 6.45) is 2.89. The van der Waals surface area contributed by atoms with Crippen molar-refractivity contribution in [3.8, 4) is 0 Å². The van der Waals surface area contributed by atoms with Gasteiger partial charge in [-0.1, -0.05) is 36.4 Å². The molecule has 4 heteroatoms. The Balaban J connectivity index is 0.000000310. The van der Waals surface area contributed by atoms with Crippen LogP contribution in [-0.4, -0.2) is 9.79 Å². The lowest BCUT2D eigenvalue weighted by Crippen LogP contribution is -1.75. The van der Waals surface area contributed by atoms with E-state index in [0.29, 0.717) is 0 Å². The van der Waals surface area contributed by atoms with Crippen molar-refractivity contribution < 1.29 is 14.4 Å². The third-order valence-electron chi connectivity index (χ3n) is 1.22. The summed E-state index contributed by atoms with van der Waals surface area (Å²) < 4.78 is 8.70. The highest BCUT2D eigenvalue weighted by atomic mass is 31.1. The first kappa shape index (κ1) is 12.0. The zero-order valence-corrected chi connectivity index (χ0v) is 8.02. The summed E-state index contributed by atoms with van der Waals surface area (Å²) in [5.41, 5.74) is 1.33. The molecule has 0 aliphatic rings. The average molecular weight is 199 g/mol. The molecule has 0 aromatic heterocycles. The molecule has 70 valence electrons. The normalized spacial score (nSPS) is 8.15. The van der Waals surface area contributed by atoms with Gasteiger partial charge in [0.15, 0.2) is 0 Å². The number of hydrogen-bond donors (Lipinski definition) is 2. The van der Waals surface area contributed by atoms with E-state index < -0.39 is 8.25 Å². The third kappa shape index (κ3) is 8.89. The molecule has 0 heterocycles. The van der Waals surface area contributed by atoms with E-state index in [1.807, 2.05) is 24.3 Å². The van der Waals surface area contributed by atoms with Gasteiger partial charge in [0.1, 0.15) is 0 Å². The number of benzene rings is 1. The molecule has 0 amide bonds. The van der Waals surface area contributed by atoms with Gasteiger partial charge in [0, 0.05) is 4.57 Å². The Bertz CT molecular complexity index is 255. The minimum absolute atomic E-state index is 0.973. The molecule has 0 aliphatic heterocycles. The monoisotopic (exact) mass is 199 g/mol. The first-order chi connectivity index (χ1) is 6.16. The summed E-state index contributed by atoms with van der Waals surface area (Å²) >= 11 is 0. The number of rotatable bonds is 2. The van der Waals surface area contributed by atoms with Crippen molar-refractivity contribution in [1.82, 2.24) is 0 Å². The van der Waals surface area contributed by atoms with Gasteiger partial charge in [-0.25, -0.2) is 0 Å². The van der Waals surface area contributed by atoms with Gasteiger partial charge in [-0.3, -0.25) is 0 Å². The second-order valence-electron chi connectivity index (χ2n) is 2.23. The van der Waals surface area contributed by atoms with Crippen LogP contribution in [0.5, 0.6) is 0 Å². The fourth-order valence-electron chi connectivity index (χ4n) is 0.781. The van der Waals surface area contributed by atoms with Gasteiger partial charge >= 0.3 is 8.25 Å². The molecule has 3 nitrogen and oxygen atoms in total. The Hall–Kier alpha value is -1.02. The smallest absolute Gasteiger partial charge is 0.134 e. The first-order valence-corrected chi connectivity index (χ1v) is 4.83. The Labute approximate surface area is 78.3 Å². The van der Waals surface area contributed by atoms with Gasteiger partial charge in [0.05, 0.1) is 0 Å². The van der Waals surface area contributed by atoms with Gasteiger partial charge in [-0.2, -0.15) is 0 Å². The fraction of sp³-hybridized carbons (Fsp3) is 0.111. The van der Waals surface area contributed by atoms with Gasteiger partial charge in [-0.15, -0.1) is 16.4 Å². The molecule has 0 saturated heterocycles. The van der Waals surface area contributed by atoms with Crippen molar-refractivity contribution in [1.29, 1.82) is 0 Å². The molecule has 0 atom stereocenters. The summed E-state index contributed by atoms with van der Waals surface area (Å²) in [5.74, 6) is 0. The molecule has 0 fully saturated rings. The average Bonchev–Trinajstić information content (AvgIpc) is 2.06. The van der Waals surface area contributed by atoms with E-state index >= 15 is 0 Å². The predicted octanol–water partition coefficient (Wildman–Crippen LogP) is 2.04. The van der Waals surface area contributed by atoms with Gasteiger partial charge < -0.3 is 0 Å². The van der Waals surface area contributed by atoms with Crippen molar-refractivity contribution in [2.75, 3.05) is 0 Å². The van der Waals surface area contributed by atoms with E-state index in [1.165, 1.54) is 5.56 Å². The molecule has 1 rings (SSSR count). The van der Waals surface area contributed by atoms with Crippen molar-refractivity contribution in [2.45, 2.75) is 6.42 Å². The fourth-order valence-corrected chi connectivity index (χ4v) is 0.781. The second-order valence-corrected chi connectivity index (χ2v) is 2.74. The standard InChI is InChI=1S/C9H10.HO3P/c1-2-6-9-7-4-3-5-8-9;1-4(2)3/h2-5,7-8H,1,6H2;(H-,1,2,3)/p+1. The summed E-state index contributed by atoms with van der Waals surface area (Å²) in [4.78, 5) is 14.2. The molecule has 1 aromatic carbocycles. The van der Waals surface area contributed by atoms with E-state index in [9.17, 15) is 0 Å². The maximum atomic E-state index is 8.70. The Morgan fingerprint density at radius 2 is 1.77 bits per heavy atom. The molecular weight excluding hydrogens is 187 g/mol. The molecule has 0 aliphatic carbocycles. The van der Waals surface area contributed by atoms with E-state index in [-0.39, 0.29) is 0 Å². The van der Waals surface area contributed by atoms with Crippen LogP contribution in [0.2, 0.25) is 0 Å². The Morgan fingerprint density at radius 1 is 1.31 bits per heavy atom. The van der Waals surface area contributed by atoms with Crippen LogP contribution in [0.4, 0.5) is 0 Å². The predicted molar refractivity (Wildman–Crippen MR) is 52.4 cm³/mol. The highest BCUT2D eigenvalue weighted by Gasteiger charge is 1.93. The van der Waals surface area contributed by atoms with Crippen LogP contribution >= 0.6 is 8.25 Å². The molecule has 1 aromatic rings. The lowest BCUT2D eigenvalue weighted by atomic mass is 10.2. The van der Waals surface area contributed by atoms with E-state index in [0.717, 1.165) is 6.42 Å². The largest absolute Gasteiger partial charge is 0.692 e. The van der Waals surface area contributed by atoms with E-state index in [4.69, 9.17) is 14.4 Å². The summed E-state index contributed by atoms with van der Waals surface area (Å²) in [5, 5.41) is 0. The van der Waals surface area contributed by atoms with E-state index in [2.05, 4.69) is 18.7 Å². The molecule has 0 radical (unpaired) electrons. The molecule has 0 saturated carbocycles. The SMILES string of the molecule is C=CCc1ccccc1.O=[P+](O)O. The molecule has 0 bridgehead atoms. The maximum absolute atomic E-state index is 8.70. The quantitative estimate of drug-likeness (QED) is 0.566. The van der Waals surface area contributed by atoms with Crippen LogP contribution < -0.4 is 0 Å². The van der Waals surface area contributed by atoms with Crippen LogP contribution in [0.3, 0.4) is 0 Å². The van der Waals surface area contributed by atoms with Gasteiger partial charge in [-0.05, 0) is 12.0 Å². The van der Waals surface area contributed by atoms with Gasteiger partial charge in [0.2, 0.25) is 0 Å². The minimum Gasteiger partial charge on any atom is -0.134 e.